The molecule has 0 bridgehead atoms. The first-order valence-corrected chi connectivity index (χ1v) is 9.85. The van der Waals surface area contributed by atoms with Crippen molar-refractivity contribution in [2.24, 2.45) is 15.9 Å². The summed E-state index contributed by atoms with van der Waals surface area (Å²) in [5.41, 5.74) is 2.29. The lowest BCUT2D eigenvalue weighted by molar-refractivity contribution is -0.125. The number of Topliss-reactive ketones (excluding diaryl/α,β-unsaturated/α-hetero) is 1. The molecule has 0 radical (unpaired) electrons. The van der Waals surface area contributed by atoms with Crippen LogP contribution in [0.2, 0.25) is 0 Å². The van der Waals surface area contributed by atoms with Crippen LogP contribution in [-0.4, -0.2) is 39.4 Å². The molecule has 136 valence electrons. The molecule has 2 aliphatic heterocycles. The summed E-state index contributed by atoms with van der Waals surface area (Å²) < 4.78 is 0. The van der Waals surface area contributed by atoms with Gasteiger partial charge in [0.25, 0.3) is 5.91 Å². The van der Waals surface area contributed by atoms with Gasteiger partial charge in [-0.05, 0) is 18.1 Å². The zero-order valence-electron chi connectivity index (χ0n) is 15.1. The van der Waals surface area contributed by atoms with Gasteiger partial charge in [0.05, 0.1) is 11.4 Å². The van der Waals surface area contributed by atoms with Gasteiger partial charge >= 0.3 is 0 Å². The third-order valence-electron chi connectivity index (χ3n) is 4.56. The highest BCUT2D eigenvalue weighted by molar-refractivity contribution is 8.14. The third kappa shape index (κ3) is 3.21. The second kappa shape index (κ2) is 7.12. The molecule has 0 saturated heterocycles. The number of ketones is 1. The van der Waals surface area contributed by atoms with E-state index < -0.39 is 6.04 Å². The van der Waals surface area contributed by atoms with E-state index in [9.17, 15) is 9.59 Å². The number of carbonyl (C=O) groups is 2. The molecule has 6 heteroatoms. The Morgan fingerprint density at radius 1 is 1.11 bits per heavy atom. The van der Waals surface area contributed by atoms with Crippen molar-refractivity contribution in [1.29, 1.82) is 0 Å². The number of amidine groups is 2. The van der Waals surface area contributed by atoms with E-state index in [1.165, 1.54) is 11.8 Å². The minimum absolute atomic E-state index is 0.00713. The van der Waals surface area contributed by atoms with Crippen molar-refractivity contribution >= 4 is 40.1 Å². The standard InChI is InChI=1S/C21H19N3O2S/c1-13(2)18-20(26)24-19(23-18)15-10-6-7-11-16(15)22-21(24)27-12-17(25)14-8-4-3-5-9-14/h3-11,13,18H,12H2,1-2H3/t18-/m1/s1. The number of thioether (sulfide) groups is 1. The molecule has 27 heavy (non-hydrogen) atoms. The predicted molar refractivity (Wildman–Crippen MR) is 109 cm³/mol. The first kappa shape index (κ1) is 17.7. The number of para-hydroxylation sites is 1. The van der Waals surface area contributed by atoms with E-state index in [4.69, 9.17) is 0 Å². The van der Waals surface area contributed by atoms with E-state index in [0.29, 0.717) is 16.6 Å². The number of aliphatic imine (C=N–C) groups is 2. The van der Waals surface area contributed by atoms with E-state index in [2.05, 4.69) is 9.98 Å². The van der Waals surface area contributed by atoms with Crippen LogP contribution in [0, 0.1) is 5.92 Å². The van der Waals surface area contributed by atoms with Crippen LogP contribution in [-0.2, 0) is 4.79 Å². The molecule has 4 rings (SSSR count). The maximum absolute atomic E-state index is 12.9. The van der Waals surface area contributed by atoms with Crippen LogP contribution < -0.4 is 0 Å². The lowest BCUT2D eigenvalue weighted by atomic mass is 10.1. The van der Waals surface area contributed by atoms with Crippen molar-refractivity contribution in [2.45, 2.75) is 19.9 Å². The molecule has 0 spiro atoms. The Balaban J connectivity index is 1.64. The van der Waals surface area contributed by atoms with Crippen LogP contribution >= 0.6 is 11.8 Å². The van der Waals surface area contributed by atoms with Crippen LogP contribution in [0.4, 0.5) is 5.69 Å². The van der Waals surface area contributed by atoms with E-state index in [0.717, 1.165) is 11.3 Å². The topological polar surface area (TPSA) is 62.1 Å². The van der Waals surface area contributed by atoms with Crippen molar-refractivity contribution in [1.82, 2.24) is 4.90 Å². The first-order chi connectivity index (χ1) is 13.1. The average Bonchev–Trinajstić information content (AvgIpc) is 3.05. The molecule has 1 atom stereocenters. The van der Waals surface area contributed by atoms with Gasteiger partial charge < -0.3 is 0 Å². The summed E-state index contributed by atoms with van der Waals surface area (Å²) >= 11 is 1.28. The summed E-state index contributed by atoms with van der Waals surface area (Å²) in [5.74, 6) is 0.883. The van der Waals surface area contributed by atoms with Crippen LogP contribution in [0.25, 0.3) is 0 Å². The van der Waals surface area contributed by atoms with Gasteiger partial charge in [0.1, 0.15) is 11.9 Å². The van der Waals surface area contributed by atoms with Crippen LogP contribution in [0.5, 0.6) is 0 Å². The van der Waals surface area contributed by atoms with Gasteiger partial charge in [0.15, 0.2) is 11.0 Å². The third-order valence-corrected chi connectivity index (χ3v) is 5.50. The number of rotatable bonds is 4. The SMILES string of the molecule is CC(C)[C@H]1N=C2c3ccccc3N=C(SCC(=O)c3ccccc3)N2C1=O. The Hall–Kier alpha value is -2.73. The first-order valence-electron chi connectivity index (χ1n) is 8.87. The highest BCUT2D eigenvalue weighted by atomic mass is 32.2. The monoisotopic (exact) mass is 377 g/mol. The van der Waals surface area contributed by atoms with Crippen molar-refractivity contribution in [3.63, 3.8) is 0 Å². The Labute approximate surface area is 162 Å². The predicted octanol–water partition coefficient (Wildman–Crippen LogP) is 3.92. The maximum atomic E-state index is 12.9. The Bertz CT molecular complexity index is 966. The molecular formula is C21H19N3O2S. The molecular weight excluding hydrogens is 358 g/mol. The van der Waals surface area contributed by atoms with Gasteiger partial charge in [-0.15, -0.1) is 0 Å². The summed E-state index contributed by atoms with van der Waals surface area (Å²) in [6.45, 7) is 3.97. The second-order valence-corrected chi connectivity index (χ2v) is 7.75. The zero-order chi connectivity index (χ0) is 19.0. The molecule has 0 unspecified atom stereocenters. The average molecular weight is 377 g/mol. The summed E-state index contributed by atoms with van der Waals surface area (Å²) in [7, 11) is 0. The highest BCUT2D eigenvalue weighted by Crippen LogP contribution is 2.34. The minimum atomic E-state index is -0.415. The largest absolute Gasteiger partial charge is 0.293 e. The summed E-state index contributed by atoms with van der Waals surface area (Å²) in [4.78, 5) is 36.3. The van der Waals surface area contributed by atoms with Gasteiger partial charge in [0, 0.05) is 11.1 Å². The fraction of sp³-hybridized carbons (Fsp3) is 0.238. The number of amides is 1. The smallest absolute Gasteiger partial charge is 0.259 e. The summed E-state index contributed by atoms with van der Waals surface area (Å²) in [5, 5.41) is 0.518. The van der Waals surface area contributed by atoms with Crippen molar-refractivity contribution in [3.05, 3.63) is 65.7 Å². The minimum Gasteiger partial charge on any atom is -0.293 e. The lowest BCUT2D eigenvalue weighted by Gasteiger charge is -2.25. The Morgan fingerprint density at radius 3 is 2.56 bits per heavy atom. The van der Waals surface area contributed by atoms with E-state index in [1.54, 1.807) is 17.0 Å². The van der Waals surface area contributed by atoms with Crippen LogP contribution in [0.15, 0.2) is 64.6 Å². The number of benzene rings is 2. The Morgan fingerprint density at radius 2 is 1.81 bits per heavy atom. The highest BCUT2D eigenvalue weighted by Gasteiger charge is 2.42. The molecule has 2 aromatic rings. The van der Waals surface area contributed by atoms with Crippen molar-refractivity contribution < 1.29 is 9.59 Å². The lowest BCUT2D eigenvalue weighted by Crippen LogP contribution is -2.42. The molecule has 0 saturated carbocycles. The maximum Gasteiger partial charge on any atom is 0.259 e. The molecule has 2 heterocycles. The second-order valence-electron chi connectivity index (χ2n) is 6.80. The Kier molecular flexibility index (Phi) is 4.66. The molecule has 0 N–H and O–H groups in total. The zero-order valence-corrected chi connectivity index (χ0v) is 15.9. The molecule has 0 aromatic heterocycles. The number of hydrogen-bond acceptors (Lipinski definition) is 5. The molecule has 0 aliphatic carbocycles. The number of nitrogens with zero attached hydrogens (tertiary/aromatic N) is 3. The number of hydrogen-bond donors (Lipinski definition) is 0. The van der Waals surface area contributed by atoms with Crippen molar-refractivity contribution in [3.8, 4) is 0 Å². The quantitative estimate of drug-likeness (QED) is 0.759. The van der Waals surface area contributed by atoms with Gasteiger partial charge in [0.2, 0.25) is 0 Å². The van der Waals surface area contributed by atoms with Gasteiger partial charge in [-0.3, -0.25) is 14.6 Å². The van der Waals surface area contributed by atoms with Gasteiger partial charge in [-0.25, -0.2) is 9.89 Å². The van der Waals surface area contributed by atoms with Crippen LogP contribution in [0.1, 0.15) is 29.8 Å². The van der Waals surface area contributed by atoms with Crippen molar-refractivity contribution in [2.75, 3.05) is 5.75 Å². The number of fused-ring (bicyclic) bond motifs is 3. The molecule has 1 amide bonds. The molecule has 2 aromatic carbocycles. The molecule has 5 nitrogen and oxygen atoms in total. The van der Waals surface area contributed by atoms with E-state index in [1.807, 2.05) is 56.3 Å². The summed E-state index contributed by atoms with van der Waals surface area (Å²) in [6.07, 6.45) is 0. The van der Waals surface area contributed by atoms with Gasteiger partial charge in [-0.2, -0.15) is 0 Å². The van der Waals surface area contributed by atoms with Gasteiger partial charge in [-0.1, -0.05) is 68.1 Å². The molecule has 0 fully saturated rings. The van der Waals surface area contributed by atoms with Crippen LogP contribution in [0.3, 0.4) is 0 Å². The normalized spacial score (nSPS) is 18.1. The fourth-order valence-electron chi connectivity index (χ4n) is 3.14. The van der Waals surface area contributed by atoms with E-state index >= 15 is 0 Å². The number of carbonyl (C=O) groups excluding carboxylic acids is 2. The van der Waals surface area contributed by atoms with E-state index in [-0.39, 0.29) is 23.4 Å². The molecule has 2 aliphatic rings. The fourth-order valence-corrected chi connectivity index (χ4v) is 4.03. The summed E-state index contributed by atoms with van der Waals surface area (Å²) in [6, 6.07) is 16.4.